The first-order chi connectivity index (χ1) is 10.2. The van der Waals surface area contributed by atoms with Gasteiger partial charge in [0.1, 0.15) is 10.6 Å². The molecule has 1 saturated carbocycles. The van der Waals surface area contributed by atoms with E-state index in [9.17, 15) is 0 Å². The van der Waals surface area contributed by atoms with Gasteiger partial charge in [0.2, 0.25) is 5.95 Å². The van der Waals surface area contributed by atoms with E-state index in [0.717, 1.165) is 34.4 Å². The third-order valence-corrected chi connectivity index (χ3v) is 5.54. The SMILES string of the molecule is CCNc1nc(NC2CCC(CC)C2C)c2ccsc2n1. The molecule has 21 heavy (non-hydrogen) atoms. The van der Waals surface area contributed by atoms with Crippen LogP contribution < -0.4 is 10.6 Å². The van der Waals surface area contributed by atoms with Crippen LogP contribution in [0.2, 0.25) is 0 Å². The normalized spacial score (nSPS) is 25.4. The fraction of sp³-hybridized carbons (Fsp3) is 0.625. The zero-order valence-corrected chi connectivity index (χ0v) is 13.8. The number of fused-ring (bicyclic) bond motifs is 1. The van der Waals surface area contributed by atoms with Gasteiger partial charge in [-0.3, -0.25) is 0 Å². The van der Waals surface area contributed by atoms with Crippen molar-refractivity contribution in [2.45, 2.75) is 46.1 Å². The number of anilines is 2. The van der Waals surface area contributed by atoms with Gasteiger partial charge in [-0.1, -0.05) is 20.3 Å². The van der Waals surface area contributed by atoms with E-state index in [4.69, 9.17) is 0 Å². The van der Waals surface area contributed by atoms with Crippen LogP contribution in [-0.2, 0) is 0 Å². The van der Waals surface area contributed by atoms with Crippen molar-refractivity contribution in [3.8, 4) is 0 Å². The number of hydrogen-bond donors (Lipinski definition) is 2. The first-order valence-electron chi connectivity index (χ1n) is 7.98. The van der Waals surface area contributed by atoms with Crippen LogP contribution in [0.5, 0.6) is 0 Å². The summed E-state index contributed by atoms with van der Waals surface area (Å²) in [6, 6.07) is 2.65. The Morgan fingerprint density at radius 1 is 1.29 bits per heavy atom. The molecular formula is C16H24N4S. The Hall–Kier alpha value is -1.36. The molecule has 0 radical (unpaired) electrons. The summed E-state index contributed by atoms with van der Waals surface area (Å²) >= 11 is 1.67. The molecule has 1 fully saturated rings. The van der Waals surface area contributed by atoms with Crippen molar-refractivity contribution < 1.29 is 0 Å². The van der Waals surface area contributed by atoms with Crippen molar-refractivity contribution in [2.75, 3.05) is 17.2 Å². The standard InChI is InChI=1S/C16H24N4S/c1-4-11-6-7-13(10(11)3)18-14-12-8-9-21-15(12)20-16(19-14)17-5-2/h8-11,13H,4-7H2,1-3H3,(H2,17,18,19,20). The number of aromatic nitrogens is 2. The highest BCUT2D eigenvalue weighted by Crippen LogP contribution is 2.37. The lowest BCUT2D eigenvalue weighted by molar-refractivity contribution is 0.391. The molecule has 3 unspecified atom stereocenters. The topological polar surface area (TPSA) is 49.8 Å². The average Bonchev–Trinajstić information content (AvgIpc) is 3.07. The molecule has 2 aromatic heterocycles. The summed E-state index contributed by atoms with van der Waals surface area (Å²) in [7, 11) is 0. The molecular weight excluding hydrogens is 280 g/mol. The highest BCUT2D eigenvalue weighted by molar-refractivity contribution is 7.16. The first-order valence-corrected chi connectivity index (χ1v) is 8.86. The third-order valence-electron chi connectivity index (χ3n) is 4.73. The Bertz CT molecular complexity index is 609. The van der Waals surface area contributed by atoms with Crippen molar-refractivity contribution in [1.29, 1.82) is 0 Å². The van der Waals surface area contributed by atoms with Crippen LogP contribution in [0.25, 0.3) is 10.2 Å². The predicted octanol–water partition coefficient (Wildman–Crippen LogP) is 4.36. The molecule has 0 amide bonds. The van der Waals surface area contributed by atoms with Gasteiger partial charge in [0, 0.05) is 12.6 Å². The van der Waals surface area contributed by atoms with Crippen LogP contribution in [-0.4, -0.2) is 22.6 Å². The van der Waals surface area contributed by atoms with E-state index in [0.29, 0.717) is 12.0 Å². The molecule has 2 heterocycles. The summed E-state index contributed by atoms with van der Waals surface area (Å²) < 4.78 is 0. The molecule has 3 rings (SSSR count). The zero-order chi connectivity index (χ0) is 14.8. The maximum absolute atomic E-state index is 4.68. The minimum atomic E-state index is 0.530. The van der Waals surface area contributed by atoms with Crippen LogP contribution >= 0.6 is 11.3 Å². The van der Waals surface area contributed by atoms with E-state index in [2.05, 4.69) is 52.8 Å². The van der Waals surface area contributed by atoms with E-state index in [1.54, 1.807) is 11.3 Å². The summed E-state index contributed by atoms with van der Waals surface area (Å²) in [5.74, 6) is 3.27. The molecule has 0 spiro atoms. The number of thiophene rings is 1. The van der Waals surface area contributed by atoms with Gasteiger partial charge in [0.25, 0.3) is 0 Å². The molecule has 3 atom stereocenters. The van der Waals surface area contributed by atoms with Gasteiger partial charge in [0.15, 0.2) is 0 Å². The van der Waals surface area contributed by atoms with Crippen LogP contribution in [0.3, 0.4) is 0 Å². The van der Waals surface area contributed by atoms with Crippen molar-refractivity contribution >= 4 is 33.3 Å². The second-order valence-electron chi connectivity index (χ2n) is 5.92. The fourth-order valence-electron chi connectivity index (χ4n) is 3.41. The van der Waals surface area contributed by atoms with Crippen LogP contribution in [0.1, 0.15) is 40.0 Å². The van der Waals surface area contributed by atoms with E-state index in [-0.39, 0.29) is 0 Å². The highest BCUT2D eigenvalue weighted by atomic mass is 32.1. The second kappa shape index (κ2) is 6.18. The Morgan fingerprint density at radius 2 is 2.14 bits per heavy atom. The van der Waals surface area contributed by atoms with Crippen molar-refractivity contribution in [1.82, 2.24) is 9.97 Å². The Balaban J connectivity index is 1.87. The largest absolute Gasteiger partial charge is 0.366 e. The second-order valence-corrected chi connectivity index (χ2v) is 6.82. The number of rotatable bonds is 5. The molecule has 4 nitrogen and oxygen atoms in total. The van der Waals surface area contributed by atoms with Crippen LogP contribution in [0, 0.1) is 11.8 Å². The van der Waals surface area contributed by atoms with Crippen molar-refractivity contribution in [2.24, 2.45) is 11.8 Å². The predicted molar refractivity (Wildman–Crippen MR) is 91.2 cm³/mol. The number of nitrogens with one attached hydrogen (secondary N) is 2. The minimum absolute atomic E-state index is 0.530. The molecule has 0 bridgehead atoms. The van der Waals surface area contributed by atoms with Crippen molar-refractivity contribution in [3.63, 3.8) is 0 Å². The molecule has 1 aliphatic carbocycles. The summed E-state index contributed by atoms with van der Waals surface area (Å²) in [5.41, 5.74) is 0. The van der Waals surface area contributed by atoms with Gasteiger partial charge >= 0.3 is 0 Å². The molecule has 2 aromatic rings. The lowest BCUT2D eigenvalue weighted by atomic mass is 9.93. The van der Waals surface area contributed by atoms with Gasteiger partial charge in [-0.15, -0.1) is 11.3 Å². The molecule has 1 aliphatic rings. The van der Waals surface area contributed by atoms with E-state index < -0.39 is 0 Å². The third kappa shape index (κ3) is 2.84. The highest BCUT2D eigenvalue weighted by Gasteiger charge is 2.32. The van der Waals surface area contributed by atoms with E-state index >= 15 is 0 Å². The maximum Gasteiger partial charge on any atom is 0.226 e. The summed E-state index contributed by atoms with van der Waals surface area (Å²) in [4.78, 5) is 10.3. The molecule has 0 saturated heterocycles. The van der Waals surface area contributed by atoms with Crippen molar-refractivity contribution in [3.05, 3.63) is 11.4 Å². The Labute approximate surface area is 130 Å². The van der Waals surface area contributed by atoms with Crippen LogP contribution in [0.15, 0.2) is 11.4 Å². The minimum Gasteiger partial charge on any atom is -0.366 e. The lowest BCUT2D eigenvalue weighted by Crippen LogP contribution is -2.25. The molecule has 0 aliphatic heterocycles. The summed E-state index contributed by atoms with van der Waals surface area (Å²) in [6.07, 6.45) is 3.85. The number of nitrogens with zero attached hydrogens (tertiary/aromatic N) is 2. The first kappa shape index (κ1) is 14.6. The summed E-state index contributed by atoms with van der Waals surface area (Å²) in [6.45, 7) is 7.58. The lowest BCUT2D eigenvalue weighted by Gasteiger charge is -2.22. The van der Waals surface area contributed by atoms with Gasteiger partial charge < -0.3 is 10.6 Å². The van der Waals surface area contributed by atoms with E-state index in [1.807, 2.05) is 0 Å². The molecule has 5 heteroatoms. The Morgan fingerprint density at radius 3 is 2.86 bits per heavy atom. The average molecular weight is 304 g/mol. The molecule has 2 N–H and O–H groups in total. The summed E-state index contributed by atoms with van der Waals surface area (Å²) in [5, 5.41) is 10.2. The number of hydrogen-bond acceptors (Lipinski definition) is 5. The molecule has 0 aromatic carbocycles. The Kier molecular flexibility index (Phi) is 4.29. The fourth-order valence-corrected chi connectivity index (χ4v) is 4.17. The maximum atomic E-state index is 4.68. The van der Waals surface area contributed by atoms with Gasteiger partial charge in [-0.2, -0.15) is 4.98 Å². The van der Waals surface area contributed by atoms with Crippen LogP contribution in [0.4, 0.5) is 11.8 Å². The monoisotopic (exact) mass is 304 g/mol. The van der Waals surface area contributed by atoms with Gasteiger partial charge in [-0.25, -0.2) is 4.98 Å². The zero-order valence-electron chi connectivity index (χ0n) is 13.0. The quantitative estimate of drug-likeness (QED) is 0.861. The molecule has 114 valence electrons. The van der Waals surface area contributed by atoms with Gasteiger partial charge in [-0.05, 0) is 43.0 Å². The van der Waals surface area contributed by atoms with E-state index in [1.165, 1.54) is 19.3 Å². The van der Waals surface area contributed by atoms with Gasteiger partial charge in [0.05, 0.1) is 5.39 Å². The smallest absolute Gasteiger partial charge is 0.226 e.